The molecule has 0 aromatic rings. The molecule has 0 saturated carbocycles. The molecule has 0 saturated heterocycles. The van der Waals surface area contributed by atoms with Crippen molar-refractivity contribution in [3.05, 3.63) is 21.4 Å². The molecular formula is C5H7N2O3P. The molecule has 11 heavy (non-hydrogen) atoms. The normalized spacial score (nSPS) is 23.5. The van der Waals surface area contributed by atoms with E-state index < -0.39 is 4.92 Å². The highest BCUT2D eigenvalue weighted by Crippen LogP contribution is 2.32. The smallest absolute Gasteiger partial charge is 0.255 e. The Kier molecular flexibility index (Phi) is 2.19. The van der Waals surface area contributed by atoms with Gasteiger partial charge in [-0.2, -0.15) is 0 Å². The van der Waals surface area contributed by atoms with E-state index in [0.717, 1.165) is 0 Å². The maximum Gasteiger partial charge on any atom is 0.255 e. The van der Waals surface area contributed by atoms with Gasteiger partial charge in [0.15, 0.2) is 0 Å². The molecule has 0 aromatic carbocycles. The zero-order valence-corrected chi connectivity index (χ0v) is 6.87. The number of hydrogen-bond acceptors (Lipinski definition) is 4. The van der Waals surface area contributed by atoms with Gasteiger partial charge in [-0.15, -0.1) is 0 Å². The lowest BCUT2D eigenvalue weighted by Gasteiger charge is -1.90. The summed E-state index contributed by atoms with van der Waals surface area (Å²) in [4.78, 5) is 9.87. The van der Waals surface area contributed by atoms with Gasteiger partial charge >= 0.3 is 0 Å². The second-order valence-electron chi connectivity index (χ2n) is 2.13. The van der Waals surface area contributed by atoms with Crippen LogP contribution in [0, 0.1) is 10.1 Å². The number of hydrogen-bond donors (Lipinski definition) is 1. The van der Waals surface area contributed by atoms with Crippen molar-refractivity contribution in [1.29, 1.82) is 0 Å². The quantitative estimate of drug-likeness (QED) is 0.279. The monoisotopic (exact) mass is 174 g/mol. The number of nitro groups is 1. The van der Waals surface area contributed by atoms with Crippen molar-refractivity contribution in [3.8, 4) is 0 Å². The maximum atomic E-state index is 10.3. The zero-order valence-electron chi connectivity index (χ0n) is 5.87. The number of rotatable bonds is 1. The van der Waals surface area contributed by atoms with Gasteiger partial charge in [-0.1, -0.05) is 13.7 Å². The highest BCUT2D eigenvalue weighted by Gasteiger charge is 2.26. The Bertz CT molecular complexity index is 258. The summed E-state index contributed by atoms with van der Waals surface area (Å²) in [6, 6.07) is 0. The van der Waals surface area contributed by atoms with Crippen molar-refractivity contribution in [2.75, 3.05) is 6.16 Å². The van der Waals surface area contributed by atoms with Crippen LogP contribution in [0.25, 0.3) is 0 Å². The van der Waals surface area contributed by atoms with E-state index in [1.165, 1.54) is 0 Å². The van der Waals surface area contributed by atoms with E-state index in [1.54, 1.807) is 6.92 Å². The Hall–Kier alpha value is -0.960. The topological polar surface area (TPSA) is 75.7 Å². The highest BCUT2D eigenvalue weighted by molar-refractivity contribution is 7.60. The second kappa shape index (κ2) is 2.96. The largest absolute Gasteiger partial charge is 0.410 e. The molecule has 0 spiro atoms. The Morgan fingerprint density at radius 2 is 2.45 bits per heavy atom. The summed E-state index contributed by atoms with van der Waals surface area (Å²) < 4.78 is 0. The third kappa shape index (κ3) is 1.38. The molecule has 5 nitrogen and oxygen atoms in total. The molecule has 0 aliphatic carbocycles. The van der Waals surface area contributed by atoms with Crippen LogP contribution >= 0.6 is 8.58 Å². The number of oxime groups is 1. The van der Waals surface area contributed by atoms with Gasteiger partial charge in [-0.3, -0.25) is 10.1 Å². The summed E-state index contributed by atoms with van der Waals surface area (Å²) in [6.07, 6.45) is 0.401. The summed E-state index contributed by atoms with van der Waals surface area (Å²) in [6.45, 7) is 1.60. The summed E-state index contributed by atoms with van der Waals surface area (Å²) in [5.41, 5.74) is 1.14. The van der Waals surface area contributed by atoms with Crippen LogP contribution in [-0.4, -0.2) is 21.7 Å². The third-order valence-electron chi connectivity index (χ3n) is 1.53. The average Bonchev–Trinajstić information content (AvgIpc) is 2.30. The Morgan fingerprint density at radius 1 is 1.82 bits per heavy atom. The van der Waals surface area contributed by atoms with Gasteiger partial charge in [0.25, 0.3) is 5.70 Å². The van der Waals surface area contributed by atoms with Crippen LogP contribution in [0.4, 0.5) is 0 Å². The predicted molar refractivity (Wildman–Crippen MR) is 42.1 cm³/mol. The Morgan fingerprint density at radius 3 is 2.73 bits per heavy atom. The molecule has 1 aliphatic heterocycles. The SMILES string of the molecule is CC1=C([N+](=O)[O-])CPC1=NO. The first-order chi connectivity index (χ1) is 5.16. The van der Waals surface area contributed by atoms with Crippen LogP contribution in [0.5, 0.6) is 0 Å². The van der Waals surface area contributed by atoms with Gasteiger partial charge in [-0.05, 0) is 6.92 Å². The second-order valence-corrected chi connectivity index (χ2v) is 3.31. The van der Waals surface area contributed by atoms with Crippen molar-refractivity contribution in [3.63, 3.8) is 0 Å². The van der Waals surface area contributed by atoms with Crippen molar-refractivity contribution in [2.45, 2.75) is 6.92 Å². The van der Waals surface area contributed by atoms with Crippen LogP contribution in [0.1, 0.15) is 6.92 Å². The van der Waals surface area contributed by atoms with Gasteiger partial charge in [0.1, 0.15) is 5.45 Å². The van der Waals surface area contributed by atoms with E-state index in [2.05, 4.69) is 5.16 Å². The fourth-order valence-corrected chi connectivity index (χ4v) is 2.09. The summed E-state index contributed by atoms with van der Waals surface area (Å²) in [7, 11) is 0.237. The van der Waals surface area contributed by atoms with Gasteiger partial charge in [0, 0.05) is 0 Å². The zero-order chi connectivity index (χ0) is 8.43. The van der Waals surface area contributed by atoms with Crippen LogP contribution in [0.2, 0.25) is 0 Å². The van der Waals surface area contributed by atoms with E-state index in [-0.39, 0.29) is 14.3 Å². The molecule has 0 radical (unpaired) electrons. The van der Waals surface area contributed by atoms with E-state index in [9.17, 15) is 10.1 Å². The fourth-order valence-electron chi connectivity index (χ4n) is 0.881. The summed E-state index contributed by atoms with van der Waals surface area (Å²) in [5.74, 6) is 0. The molecule has 1 N–H and O–H groups in total. The van der Waals surface area contributed by atoms with Crippen LogP contribution < -0.4 is 0 Å². The van der Waals surface area contributed by atoms with E-state index in [1.807, 2.05) is 0 Å². The Labute approximate surface area is 64.7 Å². The van der Waals surface area contributed by atoms with Crippen LogP contribution in [-0.2, 0) is 0 Å². The van der Waals surface area contributed by atoms with Gasteiger partial charge in [-0.25, -0.2) is 0 Å². The number of allylic oxidation sites excluding steroid dienone is 2. The molecule has 0 bridgehead atoms. The van der Waals surface area contributed by atoms with Crippen molar-refractivity contribution >= 4 is 14.0 Å². The molecule has 0 fully saturated rings. The minimum absolute atomic E-state index is 0.177. The van der Waals surface area contributed by atoms with Crippen LogP contribution in [0.3, 0.4) is 0 Å². The first kappa shape index (κ1) is 8.14. The average molecular weight is 174 g/mol. The molecule has 1 unspecified atom stereocenters. The van der Waals surface area contributed by atoms with Gasteiger partial charge in [0.05, 0.1) is 16.7 Å². The van der Waals surface area contributed by atoms with Gasteiger partial charge < -0.3 is 5.21 Å². The third-order valence-corrected chi connectivity index (χ3v) is 2.85. The predicted octanol–water partition coefficient (Wildman–Crippen LogP) is 1.02. The van der Waals surface area contributed by atoms with Crippen molar-refractivity contribution in [2.24, 2.45) is 5.16 Å². The first-order valence-electron chi connectivity index (χ1n) is 2.97. The minimum atomic E-state index is -0.416. The molecule has 6 heteroatoms. The molecule has 0 aromatic heterocycles. The molecule has 1 aliphatic rings. The molecule has 1 heterocycles. The molecule has 0 amide bonds. The Balaban J connectivity index is 2.98. The van der Waals surface area contributed by atoms with E-state index in [0.29, 0.717) is 17.2 Å². The molecule has 1 atom stereocenters. The lowest BCUT2D eigenvalue weighted by Crippen LogP contribution is -2.00. The summed E-state index contributed by atoms with van der Waals surface area (Å²) in [5, 5.41) is 21.6. The maximum absolute atomic E-state index is 10.3. The molecular weight excluding hydrogens is 167 g/mol. The number of nitrogens with zero attached hydrogens (tertiary/aromatic N) is 2. The lowest BCUT2D eigenvalue weighted by molar-refractivity contribution is -0.424. The van der Waals surface area contributed by atoms with Gasteiger partial charge in [0.2, 0.25) is 0 Å². The fraction of sp³-hybridized carbons (Fsp3) is 0.400. The van der Waals surface area contributed by atoms with E-state index in [4.69, 9.17) is 5.21 Å². The minimum Gasteiger partial charge on any atom is -0.410 e. The van der Waals surface area contributed by atoms with Crippen molar-refractivity contribution < 1.29 is 10.1 Å². The van der Waals surface area contributed by atoms with Crippen LogP contribution in [0.15, 0.2) is 16.4 Å². The summed E-state index contributed by atoms with van der Waals surface area (Å²) >= 11 is 0. The van der Waals surface area contributed by atoms with E-state index >= 15 is 0 Å². The first-order valence-corrected chi connectivity index (χ1v) is 4.18. The molecule has 60 valence electrons. The highest BCUT2D eigenvalue weighted by atomic mass is 31.1. The molecule has 1 rings (SSSR count). The lowest BCUT2D eigenvalue weighted by atomic mass is 10.3. The standard InChI is InChI=1S/C5H7N2O3P/c1-3-4(7(9)10)2-11-5(3)6-8/h8,11H,2H2,1H3. The van der Waals surface area contributed by atoms with Crippen molar-refractivity contribution in [1.82, 2.24) is 0 Å².